The second-order valence-electron chi connectivity index (χ2n) is 21.2. The van der Waals surface area contributed by atoms with Crippen molar-refractivity contribution in [3.63, 3.8) is 0 Å². The van der Waals surface area contributed by atoms with Crippen molar-refractivity contribution >= 4 is 32.2 Å². The van der Waals surface area contributed by atoms with Crippen LogP contribution in [0.25, 0.3) is 78.7 Å². The van der Waals surface area contributed by atoms with Crippen molar-refractivity contribution in [2.45, 2.75) is 92.0 Å². The molecule has 2 radical (unpaired) electrons. The molecule has 492 valence electrons. The maximum absolute atomic E-state index is 10.7. The van der Waals surface area contributed by atoms with Gasteiger partial charge in [0.1, 0.15) is 5.82 Å². The van der Waals surface area contributed by atoms with Crippen LogP contribution in [0.3, 0.4) is 0 Å². The SMILES string of the molecule is C.CC(C)c1cccc(C(C)C)c1-n1c(-c2[c-]cccc2)nc2ccccc21.CC(C)c1cccc(C(C)C)c1-n1c(-c2ccccc2)nc2ccccc21.CO.CO.O=S(=O)([O-])C(F)(F)F.[Ir].[Ir].[c-]1ccccc1-c1ccccn1.[c-]1ccccc1-c1ccccn1. The normalized spacial score (nSPS) is 10.6. The maximum atomic E-state index is 10.7. The number of fused-ring (bicyclic) bond motifs is 2. The van der Waals surface area contributed by atoms with Gasteiger partial charge in [-0.25, -0.2) is 13.4 Å². The van der Waals surface area contributed by atoms with Crippen LogP contribution in [-0.2, 0) is 50.3 Å². The van der Waals surface area contributed by atoms with E-state index in [9.17, 15) is 13.2 Å². The molecule has 2 N–H and O–H groups in total. The third-order valence-electron chi connectivity index (χ3n) is 13.8. The fourth-order valence-corrected chi connectivity index (χ4v) is 9.69. The smallest absolute Gasteiger partial charge is 0.485 e. The van der Waals surface area contributed by atoms with E-state index in [2.05, 4.69) is 214 Å². The quantitative estimate of drug-likeness (QED) is 0.0772. The van der Waals surface area contributed by atoms with E-state index in [1.165, 1.54) is 33.6 Å². The zero-order valence-corrected chi connectivity index (χ0v) is 58.4. The summed E-state index contributed by atoms with van der Waals surface area (Å²) in [5.74, 6) is 3.67. The largest absolute Gasteiger partial charge is 0.741 e. The summed E-state index contributed by atoms with van der Waals surface area (Å²) < 4.78 is 63.6. The average Bonchev–Trinajstić information content (AvgIpc) is 1.65. The Balaban J connectivity index is 0.000000317. The molecule has 0 saturated heterocycles. The molecule has 0 amide bonds. The molecule has 11 nitrogen and oxygen atoms in total. The number of imidazole rings is 2. The maximum Gasteiger partial charge on any atom is 0.485 e. The van der Waals surface area contributed by atoms with Crippen LogP contribution in [0.2, 0.25) is 0 Å². The zero-order chi connectivity index (χ0) is 65.4. The summed E-state index contributed by atoms with van der Waals surface area (Å²) >= 11 is 0. The fourth-order valence-electron chi connectivity index (χ4n) is 9.69. The zero-order valence-electron chi connectivity index (χ0n) is 52.8. The second-order valence-corrected chi connectivity index (χ2v) is 22.6. The number of pyridine rings is 2. The number of hydrogen-bond donors (Lipinski definition) is 2. The molecule has 4 heterocycles. The van der Waals surface area contributed by atoms with E-state index < -0.39 is 15.6 Å². The van der Waals surface area contributed by atoms with Gasteiger partial charge in [0, 0.05) is 78.1 Å². The first-order chi connectivity index (χ1) is 43.3. The molecule has 4 aromatic heterocycles. The Kier molecular flexibility index (Phi) is 33.0. The van der Waals surface area contributed by atoms with Crippen LogP contribution in [0.1, 0.15) is 109 Å². The molecule has 0 bridgehead atoms. The van der Waals surface area contributed by atoms with Crippen LogP contribution in [0.5, 0.6) is 0 Å². The Labute approximate surface area is 574 Å². The van der Waals surface area contributed by atoms with Gasteiger partial charge in [-0.2, -0.15) is 13.2 Å². The molecule has 8 aromatic carbocycles. The molecule has 0 atom stereocenters. The summed E-state index contributed by atoms with van der Waals surface area (Å²) in [6.07, 6.45) is 3.58. The molecule has 0 aliphatic carbocycles. The Hall–Kier alpha value is -8.08. The molecular weight excluding hydrogens is 1550 g/mol. The van der Waals surface area contributed by atoms with Crippen molar-refractivity contribution in [2.24, 2.45) is 0 Å². The van der Waals surface area contributed by atoms with Gasteiger partial charge in [0.05, 0.1) is 33.6 Å². The third kappa shape index (κ3) is 21.2. The minimum Gasteiger partial charge on any atom is -0.741 e. The second kappa shape index (κ2) is 38.8. The summed E-state index contributed by atoms with van der Waals surface area (Å²) in [7, 11) is -4.09. The Morgan fingerprint density at radius 3 is 1.05 bits per heavy atom. The van der Waals surface area contributed by atoms with Gasteiger partial charge >= 0.3 is 5.51 Å². The van der Waals surface area contributed by atoms with Gasteiger partial charge in [0.2, 0.25) is 0 Å². The fraction of sp³-hybridized carbons (Fsp3) is 0.211. The number of rotatable bonds is 10. The number of benzene rings is 8. The van der Waals surface area contributed by atoms with Gasteiger partial charge in [-0.15, -0.1) is 108 Å². The van der Waals surface area contributed by atoms with Crippen molar-refractivity contribution in [2.75, 3.05) is 14.2 Å². The molecule has 0 spiro atoms. The van der Waals surface area contributed by atoms with Gasteiger partial charge in [0.15, 0.2) is 10.1 Å². The van der Waals surface area contributed by atoms with Gasteiger partial charge in [0.25, 0.3) is 0 Å². The number of aromatic nitrogens is 6. The summed E-state index contributed by atoms with van der Waals surface area (Å²) in [6, 6.07) is 85.8. The van der Waals surface area contributed by atoms with E-state index in [0.717, 1.165) is 81.6 Å². The molecule has 0 fully saturated rings. The molecule has 0 aliphatic heterocycles. The van der Waals surface area contributed by atoms with E-state index >= 15 is 0 Å². The number of nitrogens with zero attached hydrogens (tertiary/aromatic N) is 6. The molecular formula is C76H79F3Ir2N6O5S-4. The standard InChI is InChI=1S/C25H26N2.C25H25N2.2C11H8N.CHF3O3S.2CH4O.CH4.2Ir/c2*1-17(2)20-13-10-14-21(18(3)4)24(20)27-23-16-9-8-15-22(23)26-25(27)19-11-6-5-7-12-19;2*1-2-6-10(7-3-1)11-8-4-5-9-12-11;2-1(3,4)8(5,6)7;2*1-2;;;/h5-18H,1-4H3;5-11,13-18H,1-4H3;2*1-6,8-9H;(H,5,6,7);2*2H,1H3;1H4;;/q;3*-1;;;;;;/p-1. The van der Waals surface area contributed by atoms with Crippen molar-refractivity contribution < 1.29 is 76.6 Å². The Morgan fingerprint density at radius 2 is 0.731 bits per heavy atom. The van der Waals surface area contributed by atoms with Crippen LogP contribution < -0.4 is 0 Å². The number of aliphatic hydroxyl groups excluding tert-OH is 2. The van der Waals surface area contributed by atoms with Crippen molar-refractivity contribution in [3.05, 3.63) is 277 Å². The summed E-state index contributed by atoms with van der Waals surface area (Å²) in [4.78, 5) is 18.5. The number of aliphatic hydroxyl groups is 2. The number of hydrogen-bond acceptors (Lipinski definition) is 9. The van der Waals surface area contributed by atoms with Gasteiger partial charge < -0.3 is 29.3 Å². The third-order valence-corrected chi connectivity index (χ3v) is 14.4. The van der Waals surface area contributed by atoms with E-state index in [0.29, 0.717) is 23.7 Å². The topological polar surface area (TPSA) is 159 Å². The minimum absolute atomic E-state index is 0. The molecule has 0 saturated carbocycles. The predicted octanol–water partition coefficient (Wildman–Crippen LogP) is 18.7. The monoisotopic (exact) mass is 1630 g/mol. The van der Waals surface area contributed by atoms with Crippen LogP contribution in [0, 0.1) is 18.2 Å². The first-order valence-electron chi connectivity index (χ1n) is 29.3. The Bertz CT molecular complexity index is 3820. The summed E-state index contributed by atoms with van der Waals surface area (Å²) in [5, 5.41) is 14.0. The van der Waals surface area contributed by atoms with E-state index in [-0.39, 0.29) is 47.6 Å². The van der Waals surface area contributed by atoms with Gasteiger partial charge in [-0.3, -0.25) is 9.55 Å². The van der Waals surface area contributed by atoms with Crippen molar-refractivity contribution in [1.82, 2.24) is 29.1 Å². The van der Waals surface area contributed by atoms with Gasteiger partial charge in [-0.1, -0.05) is 178 Å². The van der Waals surface area contributed by atoms with Crippen LogP contribution in [0.4, 0.5) is 13.2 Å². The van der Waals surface area contributed by atoms with Crippen LogP contribution >= 0.6 is 0 Å². The van der Waals surface area contributed by atoms with E-state index in [4.69, 9.17) is 33.2 Å². The molecule has 93 heavy (non-hydrogen) atoms. The number of para-hydroxylation sites is 6. The van der Waals surface area contributed by atoms with Gasteiger partial charge in [-0.05, 0) is 93.7 Å². The van der Waals surface area contributed by atoms with Crippen molar-refractivity contribution in [3.8, 4) is 56.7 Å². The summed E-state index contributed by atoms with van der Waals surface area (Å²) in [5.41, 5.74) is 12.8. The molecule has 12 aromatic rings. The van der Waals surface area contributed by atoms with E-state index in [1.807, 2.05) is 103 Å². The number of alkyl halides is 3. The van der Waals surface area contributed by atoms with Crippen LogP contribution in [0.15, 0.2) is 237 Å². The van der Waals surface area contributed by atoms with Crippen LogP contribution in [-0.4, -0.2) is 72.0 Å². The average molecular weight is 1630 g/mol. The predicted molar refractivity (Wildman–Crippen MR) is 364 cm³/mol. The first-order valence-corrected chi connectivity index (χ1v) is 30.7. The first kappa shape index (κ1) is 79.2. The summed E-state index contributed by atoms with van der Waals surface area (Å²) in [6.45, 7) is 18.1. The molecule has 0 aliphatic rings. The van der Waals surface area contributed by atoms with Crippen molar-refractivity contribution in [1.29, 1.82) is 0 Å². The van der Waals surface area contributed by atoms with E-state index in [1.54, 1.807) is 12.4 Å². The molecule has 12 rings (SSSR count). The minimum atomic E-state index is -6.09. The number of halogens is 3. The molecule has 17 heteroatoms. The Morgan fingerprint density at radius 1 is 0.419 bits per heavy atom. The molecule has 0 unspecified atom stereocenters.